The fourth-order valence-electron chi connectivity index (χ4n) is 5.04. The van der Waals surface area contributed by atoms with Crippen molar-refractivity contribution in [3.63, 3.8) is 0 Å². The number of halogens is 1. The lowest BCUT2D eigenvalue weighted by molar-refractivity contribution is -0.117. The van der Waals surface area contributed by atoms with Gasteiger partial charge in [0.05, 0.1) is 10.9 Å². The predicted molar refractivity (Wildman–Crippen MR) is 174 cm³/mol. The number of thiazole rings is 1. The van der Waals surface area contributed by atoms with E-state index < -0.39 is 12.8 Å². The number of rotatable bonds is 13. The van der Waals surface area contributed by atoms with Gasteiger partial charge in [0.1, 0.15) is 0 Å². The molecule has 0 fully saturated rings. The van der Waals surface area contributed by atoms with Crippen LogP contribution in [-0.2, 0) is 32.2 Å². The van der Waals surface area contributed by atoms with E-state index >= 15 is 0 Å². The van der Waals surface area contributed by atoms with Crippen molar-refractivity contribution in [1.82, 2.24) is 4.98 Å². The largest absolute Gasteiger partial charge is 0.335 e. The molecule has 0 saturated carbocycles. The third kappa shape index (κ3) is 8.19. The summed E-state index contributed by atoms with van der Waals surface area (Å²) in [6.45, 7) is 3.52. The number of amides is 2. The number of aromatic nitrogens is 1. The summed E-state index contributed by atoms with van der Waals surface area (Å²) in [5.74, 6) is -0.356. The number of nitrogens with zero attached hydrogens (tertiary/aromatic N) is 1. The maximum absolute atomic E-state index is 12.9. The van der Waals surface area contributed by atoms with Crippen LogP contribution in [-0.4, -0.2) is 26.6 Å². The second kappa shape index (κ2) is 14.4. The van der Waals surface area contributed by atoms with Crippen molar-refractivity contribution in [3.05, 3.63) is 99.9 Å². The summed E-state index contributed by atoms with van der Waals surface area (Å²) in [6, 6.07) is 23.7. The van der Waals surface area contributed by atoms with Gasteiger partial charge in [-0.1, -0.05) is 80.0 Å². The highest BCUT2D eigenvalue weighted by molar-refractivity contribution is 7.53. The van der Waals surface area contributed by atoms with Gasteiger partial charge in [0.15, 0.2) is 5.13 Å². The van der Waals surface area contributed by atoms with E-state index in [-0.39, 0.29) is 18.2 Å². The third-order valence-electron chi connectivity index (χ3n) is 7.56. The van der Waals surface area contributed by atoms with Gasteiger partial charge in [-0.15, -0.1) is 11.3 Å². The first-order valence-corrected chi connectivity index (χ1v) is 16.9. The summed E-state index contributed by atoms with van der Waals surface area (Å²) in [7, 11) is -4.40. The fraction of sp³-hybridized carbons (Fsp3) is 0.281. The monoisotopic (exact) mass is 639 g/mol. The molecule has 2 amide bonds. The third-order valence-corrected chi connectivity index (χ3v) is 10.8. The van der Waals surface area contributed by atoms with Crippen LogP contribution in [0.3, 0.4) is 0 Å². The highest BCUT2D eigenvalue weighted by atomic mass is 35.5. The van der Waals surface area contributed by atoms with Crippen molar-refractivity contribution in [2.75, 3.05) is 10.6 Å². The normalized spacial score (nSPS) is 11.7. The molecule has 0 unspecified atom stereocenters. The molecular weight excluding hydrogens is 605 g/mol. The molecule has 3 aromatic carbocycles. The van der Waals surface area contributed by atoms with Crippen LogP contribution >= 0.6 is 30.5 Å². The molecule has 0 saturated heterocycles. The lowest BCUT2D eigenvalue weighted by atomic mass is 9.92. The van der Waals surface area contributed by atoms with Crippen molar-refractivity contribution >= 4 is 53.2 Å². The van der Waals surface area contributed by atoms with Crippen LogP contribution in [0.1, 0.15) is 55.5 Å². The zero-order valence-electron chi connectivity index (χ0n) is 24.0. The van der Waals surface area contributed by atoms with Gasteiger partial charge >= 0.3 is 7.60 Å². The molecule has 0 atom stereocenters. The number of hydrogen-bond acceptors (Lipinski definition) is 5. The van der Waals surface area contributed by atoms with Crippen molar-refractivity contribution < 1.29 is 23.9 Å². The maximum Gasteiger partial charge on any atom is 0.335 e. The first kappa shape index (κ1) is 32.6. The Balaban J connectivity index is 1.44. The van der Waals surface area contributed by atoms with Crippen molar-refractivity contribution in [2.45, 2.75) is 57.5 Å². The van der Waals surface area contributed by atoms with Crippen LogP contribution in [0.2, 0.25) is 5.02 Å². The molecule has 4 N–H and O–H groups in total. The van der Waals surface area contributed by atoms with Crippen molar-refractivity contribution in [2.24, 2.45) is 0 Å². The van der Waals surface area contributed by atoms with E-state index in [4.69, 9.17) is 11.6 Å². The second-order valence-corrected chi connectivity index (χ2v) is 13.7. The minimum atomic E-state index is -4.40. The van der Waals surface area contributed by atoms with E-state index in [0.29, 0.717) is 59.2 Å². The molecule has 0 aliphatic rings. The van der Waals surface area contributed by atoms with Crippen LogP contribution < -0.4 is 10.6 Å². The van der Waals surface area contributed by atoms with E-state index in [1.807, 2.05) is 42.5 Å². The number of nitrogens with one attached hydrogen (secondary N) is 2. The lowest BCUT2D eigenvalue weighted by Gasteiger charge is -2.33. The van der Waals surface area contributed by atoms with E-state index in [1.54, 1.807) is 50.2 Å². The molecular formula is C32H35ClN3O5PS. The van der Waals surface area contributed by atoms with Crippen LogP contribution in [0.25, 0.3) is 11.3 Å². The predicted octanol–water partition coefficient (Wildman–Crippen LogP) is 7.80. The van der Waals surface area contributed by atoms with Crippen molar-refractivity contribution in [3.8, 4) is 11.3 Å². The number of aryl methyl sites for hydroxylation is 2. The average molecular weight is 640 g/mol. The van der Waals surface area contributed by atoms with Crippen LogP contribution in [0.5, 0.6) is 0 Å². The van der Waals surface area contributed by atoms with Gasteiger partial charge in [-0.2, -0.15) is 0 Å². The smallest absolute Gasteiger partial charge is 0.326 e. The quantitative estimate of drug-likeness (QED) is 0.111. The fourth-order valence-corrected chi connectivity index (χ4v) is 7.48. The Morgan fingerprint density at radius 2 is 1.47 bits per heavy atom. The summed E-state index contributed by atoms with van der Waals surface area (Å²) < 4.78 is 12.3. The summed E-state index contributed by atoms with van der Waals surface area (Å²) in [4.78, 5) is 51.1. The summed E-state index contributed by atoms with van der Waals surface area (Å²) in [5, 5.41) is 5.58. The molecule has 0 spiro atoms. The van der Waals surface area contributed by atoms with E-state index in [1.165, 1.54) is 11.3 Å². The zero-order valence-corrected chi connectivity index (χ0v) is 26.5. The van der Waals surface area contributed by atoms with Gasteiger partial charge in [-0.05, 0) is 61.1 Å². The molecule has 0 aliphatic heterocycles. The average Bonchev–Trinajstić information content (AvgIpc) is 3.39. The molecule has 43 heavy (non-hydrogen) atoms. The highest BCUT2D eigenvalue weighted by Crippen LogP contribution is 2.60. The molecule has 0 aliphatic carbocycles. The first-order valence-electron chi connectivity index (χ1n) is 14.1. The Morgan fingerprint density at radius 1 is 0.860 bits per heavy atom. The minimum Gasteiger partial charge on any atom is -0.326 e. The molecule has 1 aromatic heterocycles. The molecule has 1 heterocycles. The van der Waals surface area contributed by atoms with Gasteiger partial charge in [0.2, 0.25) is 11.8 Å². The Kier molecular flexibility index (Phi) is 10.9. The van der Waals surface area contributed by atoms with E-state index in [2.05, 4.69) is 15.6 Å². The maximum atomic E-state index is 12.9. The van der Waals surface area contributed by atoms with Crippen LogP contribution in [0, 0.1) is 0 Å². The number of carbonyl (C=O) groups is 2. The topological polar surface area (TPSA) is 129 Å². The zero-order chi connectivity index (χ0) is 31.0. The van der Waals surface area contributed by atoms with Gasteiger partial charge < -0.3 is 20.4 Å². The van der Waals surface area contributed by atoms with Gasteiger partial charge in [-0.25, -0.2) is 4.98 Å². The number of hydrogen-bond donors (Lipinski definition) is 4. The SMILES string of the molecule is CCC(CC)(c1ccc(NC(=O)CCc2sc(NC(=O)CCc3ccccc3)nc2-c2ccc(Cl)cc2)cc1)P(=O)(O)O. The molecule has 8 nitrogen and oxygen atoms in total. The minimum absolute atomic E-state index is 0.137. The number of carbonyl (C=O) groups excluding carboxylic acids is 2. The highest BCUT2D eigenvalue weighted by Gasteiger charge is 2.45. The van der Waals surface area contributed by atoms with Gasteiger partial charge in [0.25, 0.3) is 0 Å². The van der Waals surface area contributed by atoms with Gasteiger partial charge in [-0.3, -0.25) is 14.2 Å². The molecule has 0 bridgehead atoms. The van der Waals surface area contributed by atoms with Crippen molar-refractivity contribution in [1.29, 1.82) is 0 Å². The summed E-state index contributed by atoms with van der Waals surface area (Å²) in [5.41, 5.74) is 3.67. The molecule has 4 rings (SSSR count). The van der Waals surface area contributed by atoms with Gasteiger partial charge in [0, 0.05) is 34.0 Å². The number of anilines is 2. The van der Waals surface area contributed by atoms with E-state index in [9.17, 15) is 23.9 Å². The summed E-state index contributed by atoms with van der Waals surface area (Å²) in [6.07, 6.45) is 2.09. The number of benzene rings is 3. The van der Waals surface area contributed by atoms with E-state index in [0.717, 1.165) is 16.0 Å². The molecule has 0 radical (unpaired) electrons. The Bertz CT molecular complexity index is 1580. The molecule has 4 aromatic rings. The Labute approximate surface area is 260 Å². The Morgan fingerprint density at radius 3 is 2.07 bits per heavy atom. The lowest BCUT2D eigenvalue weighted by Crippen LogP contribution is -2.24. The molecule has 11 heteroatoms. The molecule has 226 valence electrons. The second-order valence-electron chi connectivity index (χ2n) is 10.2. The van der Waals surface area contributed by atoms with Crippen LogP contribution in [0.15, 0.2) is 78.9 Å². The first-order chi connectivity index (χ1) is 20.5. The Hall–Kier alpha value is -3.33. The standard InChI is InChI=1S/C32H35ClN3O5PS/c1-3-32(4-2,42(39,40)41)24-13-17-26(18-14-24)34-28(37)21-19-27-30(23-11-15-25(33)16-12-23)36-31(43-27)35-29(38)20-10-22-8-6-5-7-9-22/h5-9,11-18H,3-4,10,19-21H2,1-2H3,(H,34,37)(H,35,36,38)(H2,39,40,41). The summed E-state index contributed by atoms with van der Waals surface area (Å²) >= 11 is 7.42. The van der Waals surface area contributed by atoms with Crippen LogP contribution in [0.4, 0.5) is 10.8 Å².